The van der Waals surface area contributed by atoms with Crippen molar-refractivity contribution in [3.05, 3.63) is 40.8 Å². The highest BCUT2D eigenvalue weighted by Crippen LogP contribution is 2.38. The van der Waals surface area contributed by atoms with Gasteiger partial charge in [0.15, 0.2) is 5.17 Å². The number of hydrogen-bond acceptors (Lipinski definition) is 3. The van der Waals surface area contributed by atoms with Gasteiger partial charge in [0, 0.05) is 10.6 Å². The van der Waals surface area contributed by atoms with Crippen LogP contribution in [0.4, 0.5) is 5.69 Å². The Hall–Kier alpha value is -1.22. The number of anilines is 1. The molecular weight excluding hydrogens is 252 g/mol. The van der Waals surface area contributed by atoms with E-state index in [1.54, 1.807) is 11.8 Å². The van der Waals surface area contributed by atoms with Crippen LogP contribution in [0.25, 0.3) is 0 Å². The van der Waals surface area contributed by atoms with Gasteiger partial charge in [0.2, 0.25) is 0 Å². The molecule has 3 heteroatoms. The lowest BCUT2D eigenvalue weighted by Gasteiger charge is -2.14. The number of nitrogens with zero attached hydrogens (tertiary/aromatic N) is 1. The molecule has 0 radical (unpaired) electrons. The smallest absolute Gasteiger partial charge is 0.166 e. The van der Waals surface area contributed by atoms with Crippen LogP contribution < -0.4 is 5.32 Å². The molecular formula is C16H22N2S. The van der Waals surface area contributed by atoms with Crippen molar-refractivity contribution in [3.8, 4) is 0 Å². The molecule has 1 aliphatic heterocycles. The van der Waals surface area contributed by atoms with Gasteiger partial charge in [-0.1, -0.05) is 50.4 Å². The summed E-state index contributed by atoms with van der Waals surface area (Å²) in [7, 11) is 0. The molecule has 1 N–H and O–H groups in total. The average molecular weight is 274 g/mol. The van der Waals surface area contributed by atoms with Crippen LogP contribution in [0.1, 0.15) is 38.8 Å². The molecule has 0 aliphatic carbocycles. The summed E-state index contributed by atoms with van der Waals surface area (Å²) in [6.07, 6.45) is 2.05. The minimum atomic E-state index is -0.166. The molecule has 2 rings (SSSR count). The molecule has 1 aromatic rings. The Morgan fingerprint density at radius 3 is 2.21 bits per heavy atom. The molecule has 102 valence electrons. The van der Waals surface area contributed by atoms with Crippen LogP contribution in [0.2, 0.25) is 0 Å². The van der Waals surface area contributed by atoms with Crippen LogP contribution in [-0.4, -0.2) is 10.7 Å². The van der Waals surface area contributed by atoms with E-state index < -0.39 is 0 Å². The zero-order valence-electron chi connectivity index (χ0n) is 12.2. The summed E-state index contributed by atoms with van der Waals surface area (Å²) >= 11 is 1.65. The third kappa shape index (κ3) is 2.86. The molecule has 0 atom stereocenters. The SMILES string of the molecule is C=C1SC(Nc2c(CC)cccc2CC)=NC1(C)C. The molecule has 0 spiro atoms. The molecule has 1 aromatic carbocycles. The maximum Gasteiger partial charge on any atom is 0.166 e. The Bertz CT molecular complexity index is 507. The molecule has 0 saturated carbocycles. The first-order valence-electron chi connectivity index (χ1n) is 6.82. The first-order chi connectivity index (χ1) is 8.97. The fourth-order valence-electron chi connectivity index (χ4n) is 2.14. The van der Waals surface area contributed by atoms with Gasteiger partial charge in [0.25, 0.3) is 0 Å². The van der Waals surface area contributed by atoms with E-state index in [1.807, 2.05) is 0 Å². The third-order valence-corrected chi connectivity index (χ3v) is 4.65. The van der Waals surface area contributed by atoms with E-state index in [0.29, 0.717) is 0 Å². The molecule has 0 amide bonds. The van der Waals surface area contributed by atoms with Crippen LogP contribution >= 0.6 is 11.8 Å². The maximum atomic E-state index is 4.72. The van der Waals surface area contributed by atoms with Crippen molar-refractivity contribution in [3.63, 3.8) is 0 Å². The standard InChI is InChI=1S/C16H22N2S/c1-6-12-9-8-10-13(7-2)14(12)17-15-18-16(4,5)11(3)19-15/h8-10H,3,6-7H2,1-2,4-5H3,(H,17,18). The number of nitrogens with one attached hydrogen (secondary N) is 1. The number of aryl methyl sites for hydroxylation is 2. The van der Waals surface area contributed by atoms with Gasteiger partial charge in [-0.15, -0.1) is 0 Å². The van der Waals surface area contributed by atoms with Crippen molar-refractivity contribution >= 4 is 22.6 Å². The molecule has 1 heterocycles. The molecule has 0 aromatic heterocycles. The number of aliphatic imine (C=N–C) groups is 1. The van der Waals surface area contributed by atoms with Crippen molar-refractivity contribution in [2.45, 2.75) is 46.1 Å². The van der Waals surface area contributed by atoms with Crippen molar-refractivity contribution in [2.24, 2.45) is 4.99 Å². The van der Waals surface area contributed by atoms with Gasteiger partial charge in [-0.3, -0.25) is 4.99 Å². The molecule has 1 aliphatic rings. The Balaban J connectivity index is 2.32. The van der Waals surface area contributed by atoms with Crippen LogP contribution in [0.5, 0.6) is 0 Å². The first-order valence-corrected chi connectivity index (χ1v) is 7.64. The summed E-state index contributed by atoms with van der Waals surface area (Å²) in [4.78, 5) is 5.82. The van der Waals surface area contributed by atoms with Crippen LogP contribution in [0.3, 0.4) is 0 Å². The average Bonchev–Trinajstić information content (AvgIpc) is 2.63. The predicted molar refractivity (Wildman–Crippen MR) is 87.1 cm³/mol. The Morgan fingerprint density at radius 1 is 1.21 bits per heavy atom. The second-order valence-corrected chi connectivity index (χ2v) is 6.37. The third-order valence-electron chi connectivity index (χ3n) is 3.51. The highest BCUT2D eigenvalue weighted by molar-refractivity contribution is 8.17. The molecule has 0 bridgehead atoms. The predicted octanol–water partition coefficient (Wildman–Crippen LogP) is 4.62. The number of amidine groups is 1. The normalized spacial score (nSPS) is 17.5. The zero-order valence-corrected chi connectivity index (χ0v) is 13.0. The number of para-hydroxylation sites is 1. The fourth-order valence-corrected chi connectivity index (χ4v) is 3.10. The van der Waals surface area contributed by atoms with Crippen molar-refractivity contribution in [1.29, 1.82) is 0 Å². The van der Waals surface area contributed by atoms with Crippen LogP contribution in [0.15, 0.2) is 34.7 Å². The number of hydrogen-bond donors (Lipinski definition) is 1. The van der Waals surface area contributed by atoms with Crippen molar-refractivity contribution in [2.75, 3.05) is 5.32 Å². The van der Waals surface area contributed by atoms with Gasteiger partial charge < -0.3 is 5.32 Å². The van der Waals surface area contributed by atoms with Crippen LogP contribution in [0, 0.1) is 0 Å². The number of thioether (sulfide) groups is 1. The second kappa shape index (κ2) is 5.41. The maximum absolute atomic E-state index is 4.72. The fraction of sp³-hybridized carbons (Fsp3) is 0.438. The van der Waals surface area contributed by atoms with Crippen LogP contribution in [-0.2, 0) is 12.8 Å². The number of rotatable bonds is 3. The van der Waals surface area contributed by atoms with Crippen molar-refractivity contribution < 1.29 is 0 Å². The van der Waals surface area contributed by atoms with E-state index in [1.165, 1.54) is 16.8 Å². The molecule has 0 unspecified atom stereocenters. The van der Waals surface area contributed by atoms with Gasteiger partial charge >= 0.3 is 0 Å². The Kier molecular flexibility index (Phi) is 4.04. The summed E-state index contributed by atoms with van der Waals surface area (Å²) in [5.41, 5.74) is 3.75. The van der Waals surface area contributed by atoms with Gasteiger partial charge in [0.05, 0.1) is 5.54 Å². The monoisotopic (exact) mass is 274 g/mol. The van der Waals surface area contributed by atoms with E-state index in [-0.39, 0.29) is 5.54 Å². The summed E-state index contributed by atoms with van der Waals surface area (Å²) < 4.78 is 0. The largest absolute Gasteiger partial charge is 0.334 e. The highest BCUT2D eigenvalue weighted by atomic mass is 32.2. The summed E-state index contributed by atoms with van der Waals surface area (Å²) in [6, 6.07) is 6.50. The first kappa shape index (κ1) is 14.2. The van der Waals surface area contributed by atoms with Gasteiger partial charge in [-0.2, -0.15) is 0 Å². The van der Waals surface area contributed by atoms with E-state index in [9.17, 15) is 0 Å². The van der Waals surface area contributed by atoms with Crippen molar-refractivity contribution in [1.82, 2.24) is 0 Å². The summed E-state index contributed by atoms with van der Waals surface area (Å²) in [5, 5.41) is 4.48. The van der Waals surface area contributed by atoms with E-state index >= 15 is 0 Å². The molecule has 2 nitrogen and oxygen atoms in total. The lowest BCUT2D eigenvalue weighted by atomic mass is 10.0. The van der Waals surface area contributed by atoms with Gasteiger partial charge in [-0.05, 0) is 37.8 Å². The van der Waals surface area contributed by atoms with Gasteiger partial charge in [0.1, 0.15) is 0 Å². The molecule has 19 heavy (non-hydrogen) atoms. The molecule has 0 fully saturated rings. The Labute approximate surface area is 120 Å². The summed E-state index contributed by atoms with van der Waals surface area (Å²) in [5.74, 6) is 0. The lowest BCUT2D eigenvalue weighted by Crippen LogP contribution is -2.14. The second-order valence-electron chi connectivity index (χ2n) is 5.28. The Morgan fingerprint density at radius 2 is 1.79 bits per heavy atom. The van der Waals surface area contributed by atoms with E-state index in [0.717, 1.165) is 22.9 Å². The highest BCUT2D eigenvalue weighted by Gasteiger charge is 2.30. The quantitative estimate of drug-likeness (QED) is 0.870. The van der Waals surface area contributed by atoms with Gasteiger partial charge in [-0.25, -0.2) is 0 Å². The topological polar surface area (TPSA) is 24.4 Å². The minimum Gasteiger partial charge on any atom is -0.334 e. The zero-order chi connectivity index (χ0) is 14.0. The number of benzene rings is 1. The minimum absolute atomic E-state index is 0.166. The van der Waals surface area contributed by atoms with E-state index in [4.69, 9.17) is 4.99 Å². The molecule has 0 saturated heterocycles. The summed E-state index contributed by atoms with van der Waals surface area (Å²) in [6.45, 7) is 12.7. The lowest BCUT2D eigenvalue weighted by molar-refractivity contribution is 0.657. The van der Waals surface area contributed by atoms with E-state index in [2.05, 4.69) is 57.8 Å².